The highest BCUT2D eigenvalue weighted by Crippen LogP contribution is 2.37. The van der Waals surface area contributed by atoms with Gasteiger partial charge in [-0.15, -0.1) is 10.2 Å². The maximum Gasteiger partial charge on any atom is 0.157 e. The smallest absolute Gasteiger partial charge is 0.157 e. The minimum atomic E-state index is -0.753. The Kier molecular flexibility index (Phi) is 10.8. The standard InChI is InChI=1S/C23H24FN5O.C22H26FN5O/c1-13-16(10-25)6-5-7-18(13)14(2)26-22-19-8-17(29-11-23(4,30)12-29)9-20(24)21(19)15(3)27-28-22;1-12-7-15(24)8-18(20(12)23)13(2)25-21-19-9-16(28-10-22(4,29)11-28)5-6-17(19)14(3)26-27-21/h5-9,14,30H,11-12H2,1-4H3,(H,26,28);5-9,13,29H,10-11,24H2,1-4H3,(H,25,27)/t14-;13-/m11/s1. The Hall–Kier alpha value is -6.17. The predicted octanol–water partition coefficient (Wildman–Crippen LogP) is 7.71. The molecule has 0 amide bonds. The fourth-order valence-corrected chi connectivity index (χ4v) is 8.11. The number of hydrogen-bond acceptors (Lipinski definition) is 12. The molecule has 4 heterocycles. The number of hydrogen-bond donors (Lipinski definition) is 5. The highest BCUT2D eigenvalue weighted by atomic mass is 19.1. The van der Waals surface area contributed by atoms with Gasteiger partial charge in [0, 0.05) is 70.3 Å². The van der Waals surface area contributed by atoms with Crippen LogP contribution in [0, 0.1) is 50.7 Å². The van der Waals surface area contributed by atoms with Gasteiger partial charge >= 0.3 is 0 Å². The third-order valence-electron chi connectivity index (χ3n) is 11.2. The van der Waals surface area contributed by atoms with Crippen LogP contribution in [0.5, 0.6) is 0 Å². The number of nitrogens with zero attached hydrogens (tertiary/aromatic N) is 7. The van der Waals surface area contributed by atoms with Crippen molar-refractivity contribution in [3.63, 3.8) is 0 Å². The number of halogens is 2. The Bertz CT molecular complexity index is 2630. The van der Waals surface area contributed by atoms with E-state index in [-0.39, 0.29) is 23.7 Å². The monoisotopic (exact) mass is 800 g/mol. The molecule has 12 nitrogen and oxygen atoms in total. The third kappa shape index (κ3) is 8.26. The number of aromatic nitrogens is 4. The molecule has 59 heavy (non-hydrogen) atoms. The van der Waals surface area contributed by atoms with E-state index in [1.165, 1.54) is 6.07 Å². The van der Waals surface area contributed by atoms with Crippen LogP contribution < -0.4 is 26.2 Å². The van der Waals surface area contributed by atoms with Crippen LogP contribution in [-0.4, -0.2) is 68.0 Å². The number of nitrogens with two attached hydrogens (primary N) is 1. The van der Waals surface area contributed by atoms with Crippen molar-refractivity contribution in [2.24, 2.45) is 0 Å². The molecule has 2 aliphatic heterocycles. The lowest BCUT2D eigenvalue weighted by atomic mass is 9.95. The van der Waals surface area contributed by atoms with Crippen molar-refractivity contribution in [3.8, 4) is 6.07 Å². The van der Waals surface area contributed by atoms with Crippen LogP contribution in [0.2, 0.25) is 0 Å². The normalized spacial score (nSPS) is 16.3. The first-order valence-corrected chi connectivity index (χ1v) is 19.6. The molecule has 2 atom stereocenters. The zero-order chi connectivity index (χ0) is 42.6. The molecule has 8 rings (SSSR count). The second kappa shape index (κ2) is 15.5. The van der Waals surface area contributed by atoms with E-state index in [2.05, 4.69) is 42.0 Å². The Labute approximate surface area is 342 Å². The van der Waals surface area contributed by atoms with E-state index in [1.807, 2.05) is 75.9 Å². The SMILES string of the molecule is Cc1c(C#N)cccc1[C@@H](C)Nc1nnc(C)c2c(F)cc(N3CC(C)(O)C3)cc12.Cc1cc(N)cc([C@@H](C)Nc2nnc(C)c3ccc(N4CC(C)(O)C4)cc23)c1F. The van der Waals surface area contributed by atoms with Gasteiger partial charge in [0.05, 0.1) is 46.3 Å². The summed E-state index contributed by atoms with van der Waals surface area (Å²) in [5.74, 6) is 0.441. The Morgan fingerprint density at radius 2 is 1.31 bits per heavy atom. The lowest BCUT2D eigenvalue weighted by molar-refractivity contribution is 0.0305. The molecule has 6 N–H and O–H groups in total. The average Bonchev–Trinajstić information content (AvgIpc) is 3.16. The van der Waals surface area contributed by atoms with Crippen molar-refractivity contribution < 1.29 is 19.0 Å². The molecule has 2 saturated heterocycles. The number of anilines is 5. The summed E-state index contributed by atoms with van der Waals surface area (Å²) in [6.07, 6.45) is 0. The van der Waals surface area contributed by atoms with Crippen molar-refractivity contribution in [2.75, 3.05) is 52.3 Å². The number of β-amino-alcohol motifs (C(OH)–C–C–N with tert-alkyl or cyclic N) is 2. The zero-order valence-corrected chi connectivity index (χ0v) is 34.6. The highest BCUT2D eigenvalue weighted by Gasteiger charge is 2.38. The van der Waals surface area contributed by atoms with Crippen molar-refractivity contribution >= 4 is 50.2 Å². The third-order valence-corrected chi connectivity index (χ3v) is 11.2. The van der Waals surface area contributed by atoms with Gasteiger partial charge in [-0.2, -0.15) is 15.5 Å². The second-order valence-electron chi connectivity index (χ2n) is 16.7. The van der Waals surface area contributed by atoms with E-state index < -0.39 is 11.2 Å². The van der Waals surface area contributed by atoms with Gasteiger partial charge in [0.1, 0.15) is 11.6 Å². The van der Waals surface area contributed by atoms with E-state index in [4.69, 9.17) is 5.73 Å². The quantitative estimate of drug-likeness (QED) is 0.0951. The number of nitriles is 1. The van der Waals surface area contributed by atoms with E-state index in [9.17, 15) is 19.9 Å². The van der Waals surface area contributed by atoms with Gasteiger partial charge in [0.25, 0.3) is 0 Å². The van der Waals surface area contributed by atoms with Crippen molar-refractivity contribution in [2.45, 2.75) is 78.7 Å². The Balaban J connectivity index is 0.000000179. The molecule has 6 aromatic rings. The lowest BCUT2D eigenvalue weighted by Crippen LogP contribution is -2.60. The van der Waals surface area contributed by atoms with Crippen LogP contribution in [-0.2, 0) is 0 Å². The molecule has 2 aromatic heterocycles. The summed E-state index contributed by atoms with van der Waals surface area (Å²) in [4.78, 5) is 4.05. The van der Waals surface area contributed by atoms with Gasteiger partial charge in [-0.3, -0.25) is 0 Å². The zero-order valence-electron chi connectivity index (χ0n) is 34.6. The number of nitrogens with one attached hydrogen (secondary N) is 2. The number of fused-ring (bicyclic) bond motifs is 2. The van der Waals surface area contributed by atoms with E-state index in [0.717, 1.165) is 33.3 Å². The number of rotatable bonds is 8. The molecule has 2 fully saturated rings. The molecule has 14 heteroatoms. The summed E-state index contributed by atoms with van der Waals surface area (Å²) in [7, 11) is 0. The summed E-state index contributed by atoms with van der Waals surface area (Å²) in [5.41, 5.74) is 11.6. The number of aryl methyl sites for hydroxylation is 3. The van der Waals surface area contributed by atoms with Gasteiger partial charge < -0.3 is 36.4 Å². The van der Waals surface area contributed by atoms with E-state index in [1.54, 1.807) is 39.0 Å². The first kappa shape index (κ1) is 41.0. The maximum absolute atomic E-state index is 15.0. The molecule has 0 radical (unpaired) electrons. The van der Waals surface area contributed by atoms with Gasteiger partial charge in [-0.1, -0.05) is 18.2 Å². The molecule has 0 bridgehead atoms. The fourth-order valence-electron chi connectivity index (χ4n) is 8.11. The molecule has 0 aliphatic carbocycles. The summed E-state index contributed by atoms with van der Waals surface area (Å²) >= 11 is 0. The van der Waals surface area contributed by atoms with Crippen LogP contribution in [0.3, 0.4) is 0 Å². The van der Waals surface area contributed by atoms with Crippen molar-refractivity contribution in [1.82, 2.24) is 20.4 Å². The average molecular weight is 801 g/mol. The molecular weight excluding hydrogens is 751 g/mol. The molecular formula is C45H50F2N10O2. The minimum absolute atomic E-state index is 0.157. The molecule has 4 aromatic carbocycles. The molecule has 0 unspecified atom stereocenters. The molecule has 306 valence electrons. The van der Waals surface area contributed by atoms with Crippen LogP contribution in [0.15, 0.2) is 60.7 Å². The van der Waals surface area contributed by atoms with Gasteiger partial charge in [-0.25, -0.2) is 8.78 Å². The van der Waals surface area contributed by atoms with Gasteiger partial charge in [-0.05, 0) is 115 Å². The Morgan fingerprint density at radius 1 is 0.729 bits per heavy atom. The first-order chi connectivity index (χ1) is 27.8. The summed E-state index contributed by atoms with van der Waals surface area (Å²) < 4.78 is 29.7. The van der Waals surface area contributed by atoms with Crippen LogP contribution in [0.4, 0.5) is 37.5 Å². The minimum Gasteiger partial charge on any atom is -0.399 e. The highest BCUT2D eigenvalue weighted by molar-refractivity contribution is 5.97. The van der Waals surface area contributed by atoms with E-state index in [0.29, 0.717) is 82.3 Å². The number of aliphatic hydroxyl groups is 2. The van der Waals surface area contributed by atoms with Crippen LogP contribution >= 0.6 is 0 Å². The van der Waals surface area contributed by atoms with E-state index >= 15 is 4.39 Å². The number of nitrogen functional groups attached to an aromatic ring is 1. The summed E-state index contributed by atoms with van der Waals surface area (Å²) in [6, 6.07) is 20.1. The van der Waals surface area contributed by atoms with Crippen molar-refractivity contribution in [1.29, 1.82) is 5.26 Å². The van der Waals surface area contributed by atoms with Crippen LogP contribution in [0.1, 0.15) is 79.0 Å². The van der Waals surface area contributed by atoms with Gasteiger partial charge in [0.15, 0.2) is 11.6 Å². The second-order valence-corrected chi connectivity index (χ2v) is 16.7. The molecule has 0 saturated carbocycles. The summed E-state index contributed by atoms with van der Waals surface area (Å²) in [6.45, 7) is 16.8. The lowest BCUT2D eigenvalue weighted by Gasteiger charge is -2.45. The summed E-state index contributed by atoms with van der Waals surface area (Å²) in [5, 5.41) is 56.1. The predicted molar refractivity (Wildman–Crippen MR) is 230 cm³/mol. The Morgan fingerprint density at radius 3 is 1.93 bits per heavy atom. The molecule has 2 aliphatic rings. The first-order valence-electron chi connectivity index (χ1n) is 19.6. The van der Waals surface area contributed by atoms with Crippen LogP contribution in [0.25, 0.3) is 21.5 Å². The topological polar surface area (TPSA) is 172 Å². The largest absolute Gasteiger partial charge is 0.399 e. The van der Waals surface area contributed by atoms with Crippen molar-refractivity contribution in [3.05, 3.63) is 112 Å². The molecule has 0 spiro atoms. The maximum atomic E-state index is 15.0. The van der Waals surface area contributed by atoms with Gasteiger partial charge in [0.2, 0.25) is 0 Å². The number of benzene rings is 4. The fraction of sp³-hybridized carbons (Fsp3) is 0.356.